The number of hydrogen-bond donors (Lipinski definition) is 2. The molecule has 0 radical (unpaired) electrons. The van der Waals surface area contributed by atoms with Gasteiger partial charge in [0.15, 0.2) is 0 Å². The van der Waals surface area contributed by atoms with Crippen molar-refractivity contribution in [3.63, 3.8) is 0 Å². The van der Waals surface area contributed by atoms with E-state index in [2.05, 4.69) is 17.4 Å². The van der Waals surface area contributed by atoms with Crippen LogP contribution in [0.15, 0.2) is 0 Å². The standard InChI is InChI=1S/C8H17N3O/c1-11-4-2-3-7(6-11)5-8(12)10-9/h7H,2-6,9H2,1H3,(H,10,12). The highest BCUT2D eigenvalue weighted by Crippen LogP contribution is 2.17. The van der Waals surface area contributed by atoms with Gasteiger partial charge in [0.1, 0.15) is 0 Å². The number of piperidine rings is 1. The second-order valence-electron chi connectivity index (χ2n) is 3.54. The van der Waals surface area contributed by atoms with Gasteiger partial charge in [0.05, 0.1) is 0 Å². The molecular formula is C8H17N3O. The molecule has 1 aliphatic rings. The fraction of sp³-hybridized carbons (Fsp3) is 0.875. The van der Waals surface area contributed by atoms with Gasteiger partial charge in [-0.1, -0.05) is 0 Å². The lowest BCUT2D eigenvalue weighted by molar-refractivity contribution is -0.122. The Labute approximate surface area is 73.1 Å². The Kier molecular flexibility index (Phi) is 3.49. The van der Waals surface area contributed by atoms with Crippen molar-refractivity contribution >= 4 is 5.91 Å². The van der Waals surface area contributed by atoms with Crippen LogP contribution in [0, 0.1) is 5.92 Å². The molecule has 4 nitrogen and oxygen atoms in total. The summed E-state index contributed by atoms with van der Waals surface area (Å²) < 4.78 is 0. The van der Waals surface area contributed by atoms with Crippen molar-refractivity contribution in [3.05, 3.63) is 0 Å². The summed E-state index contributed by atoms with van der Waals surface area (Å²) in [6.07, 6.45) is 2.91. The SMILES string of the molecule is CN1CCCC(CC(=O)NN)C1. The first-order valence-corrected chi connectivity index (χ1v) is 4.40. The second kappa shape index (κ2) is 4.42. The van der Waals surface area contributed by atoms with E-state index < -0.39 is 0 Å². The number of amides is 1. The van der Waals surface area contributed by atoms with Crippen molar-refractivity contribution in [1.29, 1.82) is 0 Å². The Bertz CT molecular complexity index is 160. The molecule has 0 aliphatic carbocycles. The van der Waals surface area contributed by atoms with E-state index in [4.69, 9.17) is 5.84 Å². The molecule has 1 fully saturated rings. The van der Waals surface area contributed by atoms with Gasteiger partial charge in [0.25, 0.3) is 0 Å². The summed E-state index contributed by atoms with van der Waals surface area (Å²) in [5.41, 5.74) is 2.17. The van der Waals surface area contributed by atoms with Crippen LogP contribution >= 0.6 is 0 Å². The molecule has 4 heteroatoms. The summed E-state index contributed by atoms with van der Waals surface area (Å²) in [5, 5.41) is 0. The maximum atomic E-state index is 10.9. The first kappa shape index (κ1) is 9.48. The van der Waals surface area contributed by atoms with Gasteiger partial charge in [-0.15, -0.1) is 0 Å². The number of rotatable bonds is 2. The average Bonchev–Trinajstić information content (AvgIpc) is 2.04. The Balaban J connectivity index is 2.27. The van der Waals surface area contributed by atoms with Crippen LogP contribution in [0.1, 0.15) is 19.3 Å². The summed E-state index contributed by atoms with van der Waals surface area (Å²) in [5.74, 6) is 5.46. The van der Waals surface area contributed by atoms with Crippen LogP contribution in [0.5, 0.6) is 0 Å². The highest BCUT2D eigenvalue weighted by molar-refractivity contribution is 5.75. The number of nitrogens with two attached hydrogens (primary N) is 1. The molecule has 3 N–H and O–H groups in total. The molecule has 1 rings (SSSR count). The van der Waals surface area contributed by atoms with Gasteiger partial charge < -0.3 is 4.90 Å². The number of carbonyl (C=O) groups excluding carboxylic acids is 1. The maximum Gasteiger partial charge on any atom is 0.234 e. The summed E-state index contributed by atoms with van der Waals surface area (Å²) in [4.78, 5) is 13.2. The quantitative estimate of drug-likeness (QED) is 0.341. The molecule has 1 atom stereocenters. The predicted octanol–water partition coefficient (Wildman–Crippen LogP) is -0.292. The predicted molar refractivity (Wildman–Crippen MR) is 47.2 cm³/mol. The third-order valence-electron chi connectivity index (χ3n) is 2.36. The van der Waals surface area contributed by atoms with Crippen LogP contribution in [-0.2, 0) is 4.79 Å². The zero-order valence-electron chi connectivity index (χ0n) is 7.55. The first-order chi connectivity index (χ1) is 5.72. The fourth-order valence-corrected chi connectivity index (χ4v) is 1.76. The van der Waals surface area contributed by atoms with Crippen LogP contribution in [0.2, 0.25) is 0 Å². The smallest absolute Gasteiger partial charge is 0.234 e. The van der Waals surface area contributed by atoms with Crippen molar-refractivity contribution in [1.82, 2.24) is 10.3 Å². The summed E-state index contributed by atoms with van der Waals surface area (Å²) in [6, 6.07) is 0. The normalized spacial score (nSPS) is 25.3. The molecule has 0 saturated carbocycles. The number of hydrazine groups is 1. The van der Waals surface area contributed by atoms with Gasteiger partial charge in [-0.2, -0.15) is 0 Å². The molecule has 0 aromatic carbocycles. The second-order valence-corrected chi connectivity index (χ2v) is 3.54. The van der Waals surface area contributed by atoms with Gasteiger partial charge >= 0.3 is 0 Å². The van der Waals surface area contributed by atoms with Crippen molar-refractivity contribution < 1.29 is 4.79 Å². The lowest BCUT2D eigenvalue weighted by Gasteiger charge is -2.28. The Morgan fingerprint density at radius 1 is 1.75 bits per heavy atom. The molecule has 1 amide bonds. The van der Waals surface area contributed by atoms with Crippen LogP contribution in [0.4, 0.5) is 0 Å². The zero-order chi connectivity index (χ0) is 8.97. The maximum absolute atomic E-state index is 10.9. The number of likely N-dealkylation sites (tertiary alicyclic amines) is 1. The number of nitrogens with zero attached hydrogens (tertiary/aromatic N) is 1. The van der Waals surface area contributed by atoms with E-state index in [1.165, 1.54) is 6.42 Å². The minimum atomic E-state index is -0.0460. The van der Waals surface area contributed by atoms with Crippen molar-refractivity contribution in [3.8, 4) is 0 Å². The highest BCUT2D eigenvalue weighted by atomic mass is 16.2. The molecule has 1 heterocycles. The van der Waals surface area contributed by atoms with E-state index in [1.54, 1.807) is 0 Å². The topological polar surface area (TPSA) is 58.4 Å². The van der Waals surface area contributed by atoms with E-state index in [0.29, 0.717) is 12.3 Å². The van der Waals surface area contributed by atoms with Crippen molar-refractivity contribution in [2.24, 2.45) is 11.8 Å². The number of nitrogens with one attached hydrogen (secondary N) is 1. The molecular weight excluding hydrogens is 154 g/mol. The van der Waals surface area contributed by atoms with Gasteiger partial charge in [0, 0.05) is 13.0 Å². The minimum Gasteiger partial charge on any atom is -0.306 e. The lowest BCUT2D eigenvalue weighted by Crippen LogP contribution is -2.37. The van der Waals surface area contributed by atoms with E-state index >= 15 is 0 Å². The number of hydrogen-bond acceptors (Lipinski definition) is 3. The average molecular weight is 171 g/mol. The Morgan fingerprint density at radius 3 is 3.08 bits per heavy atom. The molecule has 0 aromatic heterocycles. The van der Waals surface area contributed by atoms with Crippen LogP contribution < -0.4 is 11.3 Å². The van der Waals surface area contributed by atoms with E-state index in [0.717, 1.165) is 19.5 Å². The third-order valence-corrected chi connectivity index (χ3v) is 2.36. The van der Waals surface area contributed by atoms with E-state index in [1.807, 2.05) is 0 Å². The number of carbonyl (C=O) groups is 1. The first-order valence-electron chi connectivity index (χ1n) is 4.40. The lowest BCUT2D eigenvalue weighted by atomic mass is 9.95. The molecule has 12 heavy (non-hydrogen) atoms. The van der Waals surface area contributed by atoms with Crippen LogP contribution in [-0.4, -0.2) is 30.9 Å². The highest BCUT2D eigenvalue weighted by Gasteiger charge is 2.19. The van der Waals surface area contributed by atoms with Crippen LogP contribution in [0.25, 0.3) is 0 Å². The molecule has 0 aromatic rings. The zero-order valence-corrected chi connectivity index (χ0v) is 7.55. The van der Waals surface area contributed by atoms with E-state index in [9.17, 15) is 4.79 Å². The van der Waals surface area contributed by atoms with Crippen molar-refractivity contribution in [2.75, 3.05) is 20.1 Å². The summed E-state index contributed by atoms with van der Waals surface area (Å²) in [7, 11) is 2.09. The molecule has 0 bridgehead atoms. The molecule has 1 unspecified atom stereocenters. The largest absolute Gasteiger partial charge is 0.306 e. The summed E-state index contributed by atoms with van der Waals surface area (Å²) in [6.45, 7) is 2.17. The molecule has 1 aliphatic heterocycles. The van der Waals surface area contributed by atoms with Gasteiger partial charge in [0.2, 0.25) is 5.91 Å². The van der Waals surface area contributed by atoms with E-state index in [-0.39, 0.29) is 5.91 Å². The third kappa shape index (κ3) is 2.79. The van der Waals surface area contributed by atoms with Crippen molar-refractivity contribution in [2.45, 2.75) is 19.3 Å². The molecule has 70 valence electrons. The molecule has 1 saturated heterocycles. The Morgan fingerprint density at radius 2 is 2.50 bits per heavy atom. The monoisotopic (exact) mass is 171 g/mol. The van der Waals surface area contributed by atoms with Gasteiger partial charge in [-0.05, 0) is 32.4 Å². The van der Waals surface area contributed by atoms with Gasteiger partial charge in [-0.25, -0.2) is 5.84 Å². The molecule has 0 spiro atoms. The fourth-order valence-electron chi connectivity index (χ4n) is 1.76. The Hall–Kier alpha value is -0.610. The van der Waals surface area contributed by atoms with Gasteiger partial charge in [-0.3, -0.25) is 10.2 Å². The summed E-state index contributed by atoms with van der Waals surface area (Å²) >= 11 is 0. The van der Waals surface area contributed by atoms with Crippen LogP contribution in [0.3, 0.4) is 0 Å². The minimum absolute atomic E-state index is 0.0460.